The normalized spacial score (nSPS) is 14.9. The molecule has 2 aromatic carbocycles. The Morgan fingerprint density at radius 2 is 2.00 bits per heavy atom. The first-order chi connectivity index (χ1) is 11.5. The molecule has 0 radical (unpaired) electrons. The predicted molar refractivity (Wildman–Crippen MR) is 88.6 cm³/mol. The number of halogens is 3. The van der Waals surface area contributed by atoms with Gasteiger partial charge in [0, 0.05) is 23.3 Å². The van der Waals surface area contributed by atoms with E-state index in [1.807, 2.05) is 12.1 Å². The Kier molecular flexibility index (Phi) is 4.71. The van der Waals surface area contributed by atoms with Gasteiger partial charge in [-0.25, -0.2) is 8.78 Å². The number of benzene rings is 2. The molecule has 3 rings (SSSR count). The zero-order chi connectivity index (χ0) is 17.3. The van der Waals surface area contributed by atoms with Crippen LogP contribution in [-0.4, -0.2) is 18.6 Å². The van der Waals surface area contributed by atoms with Crippen molar-refractivity contribution in [1.82, 2.24) is 0 Å². The van der Waals surface area contributed by atoms with E-state index >= 15 is 0 Å². The molecule has 24 heavy (non-hydrogen) atoms. The van der Waals surface area contributed by atoms with Gasteiger partial charge in [-0.3, -0.25) is 4.79 Å². The van der Waals surface area contributed by atoms with E-state index in [0.717, 1.165) is 36.2 Å². The maximum absolute atomic E-state index is 13.3. The Morgan fingerprint density at radius 3 is 2.75 bits per heavy atom. The fraction of sp³-hybridized carbons (Fsp3) is 0.278. The van der Waals surface area contributed by atoms with Crippen molar-refractivity contribution in [3.8, 4) is 5.75 Å². The third-order valence-corrected chi connectivity index (χ3v) is 4.21. The van der Waals surface area contributed by atoms with Crippen LogP contribution in [0.3, 0.4) is 0 Å². The molecule has 0 aromatic heterocycles. The maximum atomic E-state index is 13.3. The van der Waals surface area contributed by atoms with Crippen molar-refractivity contribution in [3.63, 3.8) is 0 Å². The molecule has 6 heteroatoms. The van der Waals surface area contributed by atoms with Crippen LogP contribution < -0.4 is 9.64 Å². The summed E-state index contributed by atoms with van der Waals surface area (Å²) in [6.45, 7) is 2.17. The number of aryl methyl sites for hydroxylation is 1. The van der Waals surface area contributed by atoms with Gasteiger partial charge < -0.3 is 9.64 Å². The van der Waals surface area contributed by atoms with Crippen LogP contribution in [0.2, 0.25) is 5.02 Å². The van der Waals surface area contributed by atoms with Crippen molar-refractivity contribution in [2.45, 2.75) is 25.9 Å². The molecule has 1 amide bonds. The van der Waals surface area contributed by atoms with Crippen molar-refractivity contribution in [1.29, 1.82) is 0 Å². The summed E-state index contributed by atoms with van der Waals surface area (Å²) >= 11 is 6.01. The largest absolute Gasteiger partial charge is 0.481 e. The van der Waals surface area contributed by atoms with Crippen molar-refractivity contribution >= 4 is 23.2 Å². The van der Waals surface area contributed by atoms with Crippen molar-refractivity contribution < 1.29 is 18.3 Å². The van der Waals surface area contributed by atoms with E-state index in [0.29, 0.717) is 11.6 Å². The van der Waals surface area contributed by atoms with Crippen LogP contribution in [0.25, 0.3) is 0 Å². The van der Waals surface area contributed by atoms with E-state index in [1.165, 1.54) is 6.07 Å². The smallest absolute Gasteiger partial charge is 0.267 e. The van der Waals surface area contributed by atoms with Crippen LogP contribution in [0, 0.1) is 11.6 Å². The average molecular weight is 352 g/mol. The molecular formula is C18H16ClF2NO2. The Labute approximate surface area is 143 Å². The van der Waals surface area contributed by atoms with E-state index < -0.39 is 17.7 Å². The average Bonchev–Trinajstić information content (AvgIpc) is 2.56. The SMILES string of the molecule is CC(Oc1ccc(F)c(F)c1)C(=O)N1CCCc2cc(Cl)ccc21. The third-order valence-electron chi connectivity index (χ3n) is 3.98. The summed E-state index contributed by atoms with van der Waals surface area (Å²) < 4.78 is 31.7. The van der Waals surface area contributed by atoms with E-state index in [4.69, 9.17) is 16.3 Å². The lowest BCUT2D eigenvalue weighted by Gasteiger charge is -2.31. The summed E-state index contributed by atoms with van der Waals surface area (Å²) in [6, 6.07) is 8.62. The van der Waals surface area contributed by atoms with Gasteiger partial charge in [-0.2, -0.15) is 0 Å². The van der Waals surface area contributed by atoms with Crippen molar-refractivity contribution in [3.05, 3.63) is 58.6 Å². The monoisotopic (exact) mass is 351 g/mol. The van der Waals surface area contributed by atoms with Gasteiger partial charge in [-0.1, -0.05) is 11.6 Å². The fourth-order valence-corrected chi connectivity index (χ4v) is 3.01. The van der Waals surface area contributed by atoms with Crippen LogP contribution >= 0.6 is 11.6 Å². The number of carbonyl (C=O) groups excluding carboxylic acids is 1. The molecular weight excluding hydrogens is 336 g/mol. The highest BCUT2D eigenvalue weighted by Crippen LogP contribution is 2.30. The number of hydrogen-bond donors (Lipinski definition) is 0. The second-order valence-corrected chi connectivity index (χ2v) is 6.14. The Hall–Kier alpha value is -2.14. The van der Waals surface area contributed by atoms with E-state index in [-0.39, 0.29) is 11.7 Å². The standard InChI is InChI=1S/C18H16ClF2NO2/c1-11(24-14-5-6-15(20)16(21)10-14)18(23)22-8-2-3-12-9-13(19)4-7-17(12)22/h4-7,9-11H,2-3,8H2,1H3. The highest BCUT2D eigenvalue weighted by molar-refractivity contribution is 6.30. The van der Waals surface area contributed by atoms with Crippen LogP contribution in [-0.2, 0) is 11.2 Å². The number of fused-ring (bicyclic) bond motifs is 1. The topological polar surface area (TPSA) is 29.5 Å². The van der Waals surface area contributed by atoms with Crippen LogP contribution in [0.15, 0.2) is 36.4 Å². The molecule has 0 bridgehead atoms. The molecule has 0 aliphatic carbocycles. The van der Waals surface area contributed by atoms with E-state index in [2.05, 4.69) is 0 Å². The fourth-order valence-electron chi connectivity index (χ4n) is 2.82. The van der Waals surface area contributed by atoms with Crippen molar-refractivity contribution in [2.24, 2.45) is 0 Å². The first-order valence-corrected chi connectivity index (χ1v) is 8.05. The molecule has 1 aliphatic rings. The summed E-state index contributed by atoms with van der Waals surface area (Å²) in [5.74, 6) is -2.08. The van der Waals surface area contributed by atoms with E-state index in [1.54, 1.807) is 17.9 Å². The molecule has 126 valence electrons. The summed E-state index contributed by atoms with van der Waals surface area (Å²) in [5, 5.41) is 0.633. The zero-order valence-electron chi connectivity index (χ0n) is 13.1. The van der Waals surface area contributed by atoms with E-state index in [9.17, 15) is 13.6 Å². The van der Waals surface area contributed by atoms with Crippen molar-refractivity contribution in [2.75, 3.05) is 11.4 Å². The lowest BCUT2D eigenvalue weighted by molar-refractivity contribution is -0.124. The minimum absolute atomic E-state index is 0.114. The first kappa shape index (κ1) is 16.7. The molecule has 0 saturated heterocycles. The lowest BCUT2D eigenvalue weighted by atomic mass is 10.0. The molecule has 0 N–H and O–H groups in total. The number of rotatable bonds is 3. The molecule has 1 atom stereocenters. The quantitative estimate of drug-likeness (QED) is 0.822. The second kappa shape index (κ2) is 6.77. The van der Waals surface area contributed by atoms with Crippen LogP contribution in [0.5, 0.6) is 5.75 Å². The lowest BCUT2D eigenvalue weighted by Crippen LogP contribution is -2.43. The van der Waals surface area contributed by atoms with Gasteiger partial charge in [-0.05, 0) is 55.7 Å². The van der Waals surface area contributed by atoms with Gasteiger partial charge in [-0.15, -0.1) is 0 Å². The molecule has 0 fully saturated rings. The van der Waals surface area contributed by atoms with Gasteiger partial charge in [0.1, 0.15) is 5.75 Å². The number of anilines is 1. The molecule has 3 nitrogen and oxygen atoms in total. The van der Waals surface area contributed by atoms with Crippen LogP contribution in [0.4, 0.5) is 14.5 Å². The first-order valence-electron chi connectivity index (χ1n) is 7.67. The third kappa shape index (κ3) is 3.36. The van der Waals surface area contributed by atoms with Gasteiger partial charge in [0.2, 0.25) is 0 Å². The van der Waals surface area contributed by atoms with Gasteiger partial charge in [0.05, 0.1) is 0 Å². The van der Waals surface area contributed by atoms with Crippen LogP contribution in [0.1, 0.15) is 18.9 Å². The highest BCUT2D eigenvalue weighted by Gasteiger charge is 2.27. The number of ether oxygens (including phenoxy) is 1. The highest BCUT2D eigenvalue weighted by atomic mass is 35.5. The van der Waals surface area contributed by atoms with Gasteiger partial charge >= 0.3 is 0 Å². The zero-order valence-corrected chi connectivity index (χ0v) is 13.8. The number of hydrogen-bond acceptors (Lipinski definition) is 2. The second-order valence-electron chi connectivity index (χ2n) is 5.70. The Bertz CT molecular complexity index is 782. The predicted octanol–water partition coefficient (Wildman–Crippen LogP) is 4.36. The summed E-state index contributed by atoms with van der Waals surface area (Å²) in [7, 11) is 0. The summed E-state index contributed by atoms with van der Waals surface area (Å²) in [5.41, 5.74) is 1.83. The summed E-state index contributed by atoms with van der Waals surface area (Å²) in [6.07, 6.45) is 0.867. The number of amides is 1. The number of nitrogens with zero attached hydrogens (tertiary/aromatic N) is 1. The molecule has 2 aromatic rings. The Morgan fingerprint density at radius 1 is 1.21 bits per heavy atom. The molecule has 0 spiro atoms. The minimum Gasteiger partial charge on any atom is -0.481 e. The minimum atomic E-state index is -1.01. The maximum Gasteiger partial charge on any atom is 0.267 e. The molecule has 1 heterocycles. The van der Waals surface area contributed by atoms with Gasteiger partial charge in [0.25, 0.3) is 5.91 Å². The Balaban J connectivity index is 1.78. The molecule has 0 saturated carbocycles. The molecule has 1 aliphatic heterocycles. The summed E-state index contributed by atoms with van der Waals surface area (Å²) in [4.78, 5) is 14.4. The molecule has 1 unspecified atom stereocenters. The number of carbonyl (C=O) groups is 1. The van der Waals surface area contributed by atoms with Gasteiger partial charge in [0.15, 0.2) is 17.7 Å².